The van der Waals surface area contributed by atoms with Gasteiger partial charge in [-0.15, -0.1) is 0 Å². The molecule has 0 fully saturated rings. The van der Waals surface area contributed by atoms with E-state index in [0.717, 1.165) is 16.7 Å². The Kier molecular flexibility index (Phi) is 11.9. The van der Waals surface area contributed by atoms with E-state index in [1.807, 2.05) is 31.2 Å². The van der Waals surface area contributed by atoms with Gasteiger partial charge in [-0.3, -0.25) is 34.8 Å². The van der Waals surface area contributed by atoms with E-state index in [4.69, 9.17) is 5.73 Å². The fraction of sp³-hybridized carbons (Fsp3) is 0.370. The van der Waals surface area contributed by atoms with Crippen molar-refractivity contribution in [1.29, 1.82) is 0 Å². The Morgan fingerprint density at radius 1 is 0.795 bits per heavy atom. The number of carbonyl (C=O) groups excluding carboxylic acids is 5. The van der Waals surface area contributed by atoms with Gasteiger partial charge < -0.3 is 26.8 Å². The Bertz CT molecular complexity index is 1150. The zero-order chi connectivity index (χ0) is 28.9. The zero-order valence-corrected chi connectivity index (χ0v) is 22.2. The highest BCUT2D eigenvalue weighted by atomic mass is 16.3. The van der Waals surface area contributed by atoms with Crippen molar-refractivity contribution >= 4 is 29.5 Å². The first-order valence-corrected chi connectivity index (χ1v) is 12.5. The van der Waals surface area contributed by atoms with Crippen LogP contribution in [-0.4, -0.2) is 59.3 Å². The van der Waals surface area contributed by atoms with Gasteiger partial charge in [0, 0.05) is 12.8 Å². The molecule has 2 aromatic carbocycles. The highest BCUT2D eigenvalue weighted by Gasteiger charge is 2.24. The summed E-state index contributed by atoms with van der Waals surface area (Å²) in [5.74, 6) is -2.74. The molecule has 2 rings (SSSR count). The molecule has 0 bridgehead atoms. The maximum Gasteiger partial charge on any atom is 0.261 e. The van der Waals surface area contributed by atoms with Crippen LogP contribution in [0.25, 0.3) is 0 Å². The molecule has 0 saturated heterocycles. The van der Waals surface area contributed by atoms with Crippen LogP contribution in [0, 0.1) is 6.92 Å². The van der Waals surface area contributed by atoms with Crippen molar-refractivity contribution in [2.24, 2.45) is 5.73 Å². The molecule has 8 N–H and O–H groups in total. The average molecular weight is 541 g/mol. The van der Waals surface area contributed by atoms with E-state index in [1.54, 1.807) is 19.1 Å². The predicted octanol–water partition coefficient (Wildman–Crippen LogP) is -0.524. The van der Waals surface area contributed by atoms with Gasteiger partial charge in [0.1, 0.15) is 17.8 Å². The number of aryl methyl sites for hydroxylation is 1. The number of nitrogens with two attached hydrogens (primary N) is 1. The number of aromatic hydroxyl groups is 1. The molecule has 0 aliphatic carbocycles. The summed E-state index contributed by atoms with van der Waals surface area (Å²) in [6.07, 6.45) is 0.517. The van der Waals surface area contributed by atoms with Crippen LogP contribution in [0.4, 0.5) is 0 Å². The zero-order valence-electron chi connectivity index (χ0n) is 22.2. The SMILES string of the molecule is CCC(=O)NNC(=O)[C@H](Cc1ccc(C)cc1)NC(=O)CNC(=O)[C@@H](C)NC(=O)[C@@H](N)Cc1ccc(O)cc1. The molecule has 0 saturated carbocycles. The fourth-order valence-corrected chi connectivity index (χ4v) is 3.41. The van der Waals surface area contributed by atoms with E-state index >= 15 is 0 Å². The minimum absolute atomic E-state index is 0.0939. The Hall–Kier alpha value is -4.45. The van der Waals surface area contributed by atoms with Gasteiger partial charge in [-0.25, -0.2) is 0 Å². The summed E-state index contributed by atoms with van der Waals surface area (Å²) >= 11 is 0. The van der Waals surface area contributed by atoms with Crippen molar-refractivity contribution < 1.29 is 29.1 Å². The van der Waals surface area contributed by atoms with E-state index < -0.39 is 54.2 Å². The van der Waals surface area contributed by atoms with E-state index in [9.17, 15) is 29.1 Å². The monoisotopic (exact) mass is 540 g/mol. The van der Waals surface area contributed by atoms with Gasteiger partial charge in [0.05, 0.1) is 12.6 Å². The second-order valence-corrected chi connectivity index (χ2v) is 9.13. The lowest BCUT2D eigenvalue weighted by atomic mass is 10.0. The molecular weight excluding hydrogens is 504 g/mol. The van der Waals surface area contributed by atoms with Crippen molar-refractivity contribution in [2.45, 2.75) is 58.2 Å². The largest absolute Gasteiger partial charge is 0.508 e. The van der Waals surface area contributed by atoms with Crippen molar-refractivity contribution in [3.05, 3.63) is 65.2 Å². The summed E-state index contributed by atoms with van der Waals surface area (Å²) < 4.78 is 0. The second-order valence-electron chi connectivity index (χ2n) is 9.13. The number of carbonyl (C=O) groups is 5. The molecule has 3 atom stereocenters. The molecule has 39 heavy (non-hydrogen) atoms. The molecule has 0 unspecified atom stereocenters. The first kappa shape index (κ1) is 30.8. The lowest BCUT2D eigenvalue weighted by Crippen LogP contribution is -2.55. The van der Waals surface area contributed by atoms with Gasteiger partial charge >= 0.3 is 0 Å². The van der Waals surface area contributed by atoms with Gasteiger partial charge in [-0.05, 0) is 43.5 Å². The number of amides is 5. The van der Waals surface area contributed by atoms with Crippen LogP contribution in [0.3, 0.4) is 0 Å². The third-order valence-electron chi connectivity index (χ3n) is 5.76. The molecule has 12 heteroatoms. The molecule has 5 amide bonds. The molecule has 0 radical (unpaired) electrons. The number of hydrogen-bond acceptors (Lipinski definition) is 7. The normalized spacial score (nSPS) is 12.8. The number of benzene rings is 2. The fourth-order valence-electron chi connectivity index (χ4n) is 3.41. The van der Waals surface area contributed by atoms with E-state index in [2.05, 4.69) is 26.8 Å². The summed E-state index contributed by atoms with van der Waals surface area (Å²) in [6.45, 7) is 4.55. The van der Waals surface area contributed by atoms with Crippen LogP contribution in [0.2, 0.25) is 0 Å². The van der Waals surface area contributed by atoms with Crippen molar-refractivity contribution in [2.75, 3.05) is 6.54 Å². The summed E-state index contributed by atoms with van der Waals surface area (Å²) in [4.78, 5) is 61.6. The lowest BCUT2D eigenvalue weighted by Gasteiger charge is -2.20. The van der Waals surface area contributed by atoms with Crippen molar-refractivity contribution in [3.8, 4) is 5.75 Å². The van der Waals surface area contributed by atoms with Crippen LogP contribution < -0.4 is 32.5 Å². The number of rotatable bonds is 12. The second kappa shape index (κ2) is 15.1. The van der Waals surface area contributed by atoms with Gasteiger partial charge in [-0.2, -0.15) is 0 Å². The Labute approximate surface area is 227 Å². The van der Waals surface area contributed by atoms with Gasteiger partial charge in [0.15, 0.2) is 0 Å². The molecule has 0 aliphatic heterocycles. The van der Waals surface area contributed by atoms with Crippen LogP contribution >= 0.6 is 0 Å². The van der Waals surface area contributed by atoms with Crippen LogP contribution in [0.15, 0.2) is 48.5 Å². The third-order valence-corrected chi connectivity index (χ3v) is 5.76. The van der Waals surface area contributed by atoms with Gasteiger partial charge in [0.25, 0.3) is 5.91 Å². The van der Waals surface area contributed by atoms with E-state index in [-0.39, 0.29) is 25.0 Å². The van der Waals surface area contributed by atoms with E-state index in [0.29, 0.717) is 0 Å². The highest BCUT2D eigenvalue weighted by molar-refractivity contribution is 5.93. The Morgan fingerprint density at radius 3 is 2.00 bits per heavy atom. The number of hydrazine groups is 1. The molecule has 0 aliphatic rings. The Balaban J connectivity index is 1.89. The Morgan fingerprint density at radius 2 is 1.38 bits per heavy atom. The molecule has 210 valence electrons. The van der Waals surface area contributed by atoms with Crippen LogP contribution in [0.1, 0.15) is 37.0 Å². The number of nitrogens with one attached hydrogen (secondary N) is 5. The summed E-state index contributed by atoms with van der Waals surface area (Å²) in [5.41, 5.74) is 13.0. The first-order valence-electron chi connectivity index (χ1n) is 12.5. The minimum atomic E-state index is -1.02. The molecule has 12 nitrogen and oxygen atoms in total. The van der Waals surface area contributed by atoms with E-state index in [1.165, 1.54) is 19.1 Å². The van der Waals surface area contributed by atoms with Gasteiger partial charge in [0.2, 0.25) is 23.6 Å². The molecule has 0 aromatic heterocycles. The number of hydrogen-bond donors (Lipinski definition) is 7. The molecular formula is C27H36N6O6. The maximum absolute atomic E-state index is 12.6. The first-order chi connectivity index (χ1) is 18.5. The molecule has 2 aromatic rings. The van der Waals surface area contributed by atoms with Crippen molar-refractivity contribution in [1.82, 2.24) is 26.8 Å². The van der Waals surface area contributed by atoms with Gasteiger partial charge in [-0.1, -0.05) is 48.9 Å². The maximum atomic E-state index is 12.6. The average Bonchev–Trinajstić information content (AvgIpc) is 2.91. The third kappa shape index (κ3) is 10.8. The number of phenols is 1. The molecule has 0 spiro atoms. The summed E-state index contributed by atoms with van der Waals surface area (Å²) in [5, 5.41) is 16.8. The lowest BCUT2D eigenvalue weighted by molar-refractivity contribution is -0.133. The van der Waals surface area contributed by atoms with Crippen LogP contribution in [0.5, 0.6) is 5.75 Å². The highest BCUT2D eigenvalue weighted by Crippen LogP contribution is 2.11. The quantitative estimate of drug-likeness (QED) is 0.176. The molecule has 0 heterocycles. The van der Waals surface area contributed by atoms with Crippen LogP contribution in [-0.2, 0) is 36.8 Å². The smallest absolute Gasteiger partial charge is 0.261 e. The number of phenolic OH excluding ortho intramolecular Hbond substituents is 1. The summed E-state index contributed by atoms with van der Waals surface area (Å²) in [7, 11) is 0. The predicted molar refractivity (Wildman–Crippen MR) is 144 cm³/mol. The minimum Gasteiger partial charge on any atom is -0.508 e. The van der Waals surface area contributed by atoms with Crippen molar-refractivity contribution in [3.63, 3.8) is 0 Å². The topological polar surface area (TPSA) is 192 Å². The summed E-state index contributed by atoms with van der Waals surface area (Å²) in [6, 6.07) is 10.7. The standard InChI is InChI=1S/C27H36N6O6/c1-4-23(35)32-33-27(39)22(14-19-7-5-16(2)6-8-19)31-24(36)15-29-25(37)17(3)30-26(38)21(28)13-18-9-11-20(34)12-10-18/h5-12,17,21-22,34H,4,13-15,28H2,1-3H3,(H,29,37)(H,30,38)(H,31,36)(H,32,35)(H,33,39)/t17-,21+,22+/m1/s1.